The molecule has 0 saturated carbocycles. The van der Waals surface area contributed by atoms with Crippen LogP contribution in [0.1, 0.15) is 41.7 Å². The predicted octanol–water partition coefficient (Wildman–Crippen LogP) is 3.48. The molecule has 1 aromatic carbocycles. The number of ether oxygens (including phenoxy) is 1. The topological polar surface area (TPSA) is 71.5 Å². The van der Waals surface area contributed by atoms with Crippen LogP contribution in [0.4, 0.5) is 5.82 Å². The molecule has 7 heteroatoms. The summed E-state index contributed by atoms with van der Waals surface area (Å²) < 4.78 is 6.20. The van der Waals surface area contributed by atoms with Gasteiger partial charge in [0.25, 0.3) is 5.91 Å². The lowest BCUT2D eigenvalue weighted by Crippen LogP contribution is -2.31. The number of aromatic nitrogens is 1. The quantitative estimate of drug-likeness (QED) is 0.708. The van der Waals surface area contributed by atoms with Crippen molar-refractivity contribution in [3.05, 3.63) is 58.2 Å². The second kappa shape index (κ2) is 8.99. The van der Waals surface area contributed by atoms with E-state index in [1.807, 2.05) is 31.2 Å². The lowest BCUT2D eigenvalue weighted by Gasteiger charge is -2.19. The maximum Gasteiger partial charge on any atom is 0.342 e. The number of anilines is 1. The highest BCUT2D eigenvalue weighted by molar-refractivity contribution is 9.10. The normalized spacial score (nSPS) is 14.7. The highest BCUT2D eigenvalue weighted by Crippen LogP contribution is 2.22. The van der Waals surface area contributed by atoms with Crippen molar-refractivity contribution in [2.24, 2.45) is 0 Å². The molecule has 27 heavy (non-hydrogen) atoms. The standard InChI is InChI=1S/C20H22BrN3O3/c1-14(15-6-8-16(21)9-7-15)23-18(25)13-27-20(26)17-5-4-10-22-19(17)24-11-2-3-12-24/h4-10,14H,2-3,11-13H2,1H3,(H,23,25)/t14-/m0/s1. The molecule has 0 bridgehead atoms. The minimum atomic E-state index is -0.531. The summed E-state index contributed by atoms with van der Waals surface area (Å²) in [5.74, 6) is -0.245. The van der Waals surface area contributed by atoms with Crippen molar-refractivity contribution in [3.63, 3.8) is 0 Å². The van der Waals surface area contributed by atoms with E-state index in [-0.39, 0.29) is 18.6 Å². The van der Waals surface area contributed by atoms with E-state index >= 15 is 0 Å². The summed E-state index contributed by atoms with van der Waals surface area (Å²) in [6.45, 7) is 3.31. The van der Waals surface area contributed by atoms with Crippen LogP contribution in [0.3, 0.4) is 0 Å². The molecule has 0 aliphatic carbocycles. The number of carbonyl (C=O) groups excluding carboxylic acids is 2. The van der Waals surface area contributed by atoms with E-state index in [0.717, 1.165) is 36.0 Å². The number of hydrogen-bond donors (Lipinski definition) is 1. The van der Waals surface area contributed by atoms with Gasteiger partial charge >= 0.3 is 5.97 Å². The van der Waals surface area contributed by atoms with Gasteiger partial charge in [-0.2, -0.15) is 0 Å². The second-order valence-electron chi connectivity index (χ2n) is 6.49. The summed E-state index contributed by atoms with van der Waals surface area (Å²) in [6.07, 6.45) is 3.83. The molecular weight excluding hydrogens is 410 g/mol. The van der Waals surface area contributed by atoms with Crippen molar-refractivity contribution in [1.29, 1.82) is 0 Å². The van der Waals surface area contributed by atoms with Crippen LogP contribution in [0.2, 0.25) is 0 Å². The average molecular weight is 432 g/mol. The molecule has 1 N–H and O–H groups in total. The first kappa shape index (κ1) is 19.4. The molecule has 142 valence electrons. The predicted molar refractivity (Wildman–Crippen MR) is 107 cm³/mol. The molecule has 2 heterocycles. The maximum atomic E-state index is 12.4. The Balaban J connectivity index is 1.56. The fourth-order valence-electron chi connectivity index (χ4n) is 3.06. The largest absolute Gasteiger partial charge is 0.452 e. The number of rotatable bonds is 6. The third-order valence-electron chi connectivity index (χ3n) is 4.49. The molecule has 6 nitrogen and oxygen atoms in total. The lowest BCUT2D eigenvalue weighted by molar-refractivity contribution is -0.124. The van der Waals surface area contributed by atoms with Crippen molar-refractivity contribution in [3.8, 4) is 0 Å². The van der Waals surface area contributed by atoms with Gasteiger partial charge in [0.15, 0.2) is 6.61 Å². The molecule has 1 amide bonds. The van der Waals surface area contributed by atoms with Crippen molar-refractivity contribution < 1.29 is 14.3 Å². The van der Waals surface area contributed by atoms with Gasteiger partial charge in [-0.1, -0.05) is 28.1 Å². The highest BCUT2D eigenvalue weighted by Gasteiger charge is 2.22. The number of carbonyl (C=O) groups is 2. The van der Waals surface area contributed by atoms with Crippen LogP contribution in [0, 0.1) is 0 Å². The molecule has 1 aromatic heterocycles. The van der Waals surface area contributed by atoms with Crippen molar-refractivity contribution >= 4 is 33.6 Å². The Kier molecular flexibility index (Phi) is 6.45. The van der Waals surface area contributed by atoms with Crippen LogP contribution < -0.4 is 10.2 Å². The summed E-state index contributed by atoms with van der Waals surface area (Å²) in [6, 6.07) is 10.9. The van der Waals surface area contributed by atoms with Crippen molar-refractivity contribution in [1.82, 2.24) is 10.3 Å². The zero-order valence-electron chi connectivity index (χ0n) is 15.2. The number of amides is 1. The molecule has 1 aliphatic rings. The summed E-state index contributed by atoms with van der Waals surface area (Å²) >= 11 is 3.39. The number of halogens is 1. The Labute approximate surface area is 167 Å². The summed E-state index contributed by atoms with van der Waals surface area (Å²) in [4.78, 5) is 31.0. The third-order valence-corrected chi connectivity index (χ3v) is 5.02. The molecule has 2 aromatic rings. The van der Waals surface area contributed by atoms with E-state index in [2.05, 4.69) is 31.1 Å². The van der Waals surface area contributed by atoms with E-state index in [9.17, 15) is 9.59 Å². The number of benzene rings is 1. The first-order chi connectivity index (χ1) is 13.0. The van der Waals surface area contributed by atoms with Crippen molar-refractivity contribution in [2.45, 2.75) is 25.8 Å². The van der Waals surface area contributed by atoms with Gasteiger partial charge in [0, 0.05) is 23.8 Å². The number of hydrogen-bond acceptors (Lipinski definition) is 5. The molecule has 1 fully saturated rings. The molecule has 0 unspecified atom stereocenters. The van der Waals surface area contributed by atoms with Gasteiger partial charge < -0.3 is 15.0 Å². The number of esters is 1. The number of nitrogens with zero attached hydrogens (tertiary/aromatic N) is 2. The Morgan fingerprint density at radius 2 is 1.93 bits per heavy atom. The van der Waals surface area contributed by atoms with Crippen molar-refractivity contribution in [2.75, 3.05) is 24.6 Å². The first-order valence-electron chi connectivity index (χ1n) is 8.96. The zero-order valence-corrected chi connectivity index (χ0v) is 16.7. The van der Waals surface area contributed by atoms with Gasteiger partial charge in [0.2, 0.25) is 0 Å². The minimum Gasteiger partial charge on any atom is -0.452 e. The van der Waals surface area contributed by atoms with Gasteiger partial charge in [-0.15, -0.1) is 0 Å². The SMILES string of the molecule is C[C@H](NC(=O)COC(=O)c1cccnc1N1CCCC1)c1ccc(Br)cc1. The van der Waals surface area contributed by atoms with E-state index in [1.54, 1.807) is 18.3 Å². The van der Waals surface area contributed by atoms with Crippen LogP contribution in [0.5, 0.6) is 0 Å². The fourth-order valence-corrected chi connectivity index (χ4v) is 3.33. The lowest BCUT2D eigenvalue weighted by atomic mass is 10.1. The van der Waals surface area contributed by atoms with E-state index < -0.39 is 5.97 Å². The Bertz CT molecular complexity index is 804. The summed E-state index contributed by atoms with van der Waals surface area (Å²) in [5.41, 5.74) is 1.37. The average Bonchev–Trinajstić information content (AvgIpc) is 3.21. The fraction of sp³-hybridized carbons (Fsp3) is 0.350. The van der Waals surface area contributed by atoms with Gasteiger partial charge in [-0.3, -0.25) is 4.79 Å². The minimum absolute atomic E-state index is 0.178. The van der Waals surface area contributed by atoms with Gasteiger partial charge in [-0.25, -0.2) is 9.78 Å². The van der Waals surface area contributed by atoms with E-state index in [4.69, 9.17) is 4.74 Å². The Morgan fingerprint density at radius 3 is 2.63 bits per heavy atom. The van der Waals surface area contributed by atoms with Crippen LogP contribution in [0.25, 0.3) is 0 Å². The Morgan fingerprint density at radius 1 is 1.22 bits per heavy atom. The third kappa shape index (κ3) is 5.07. The number of nitrogens with one attached hydrogen (secondary N) is 1. The van der Waals surface area contributed by atoms with Crippen LogP contribution in [0.15, 0.2) is 47.1 Å². The molecule has 1 atom stereocenters. The van der Waals surface area contributed by atoms with Gasteiger partial charge in [-0.05, 0) is 49.6 Å². The molecule has 0 radical (unpaired) electrons. The monoisotopic (exact) mass is 431 g/mol. The second-order valence-corrected chi connectivity index (χ2v) is 7.40. The molecule has 0 spiro atoms. The molecule has 1 aliphatic heterocycles. The van der Waals surface area contributed by atoms with Crippen LogP contribution >= 0.6 is 15.9 Å². The molecular formula is C20H22BrN3O3. The summed E-state index contributed by atoms with van der Waals surface area (Å²) in [5, 5.41) is 2.83. The van der Waals surface area contributed by atoms with E-state index in [1.165, 1.54) is 0 Å². The molecule has 1 saturated heterocycles. The van der Waals surface area contributed by atoms with Gasteiger partial charge in [0.05, 0.1) is 6.04 Å². The summed E-state index contributed by atoms with van der Waals surface area (Å²) in [7, 11) is 0. The zero-order chi connectivity index (χ0) is 19.2. The first-order valence-corrected chi connectivity index (χ1v) is 9.76. The molecule has 3 rings (SSSR count). The highest BCUT2D eigenvalue weighted by atomic mass is 79.9. The number of pyridine rings is 1. The van der Waals surface area contributed by atoms with Crippen LogP contribution in [-0.2, 0) is 9.53 Å². The van der Waals surface area contributed by atoms with E-state index in [0.29, 0.717) is 11.4 Å². The smallest absolute Gasteiger partial charge is 0.342 e. The van der Waals surface area contributed by atoms with Gasteiger partial charge in [0.1, 0.15) is 11.4 Å². The Hall–Kier alpha value is -2.41. The van der Waals surface area contributed by atoms with Crippen LogP contribution in [-0.4, -0.2) is 36.6 Å². The maximum absolute atomic E-state index is 12.4.